The van der Waals surface area contributed by atoms with Gasteiger partial charge in [-0.25, -0.2) is 0 Å². The van der Waals surface area contributed by atoms with Crippen molar-refractivity contribution < 1.29 is 19.6 Å². The van der Waals surface area contributed by atoms with Crippen molar-refractivity contribution in [1.29, 1.82) is 0 Å². The van der Waals surface area contributed by atoms with Crippen molar-refractivity contribution >= 4 is 17.4 Å². The van der Waals surface area contributed by atoms with Crippen LogP contribution in [0.3, 0.4) is 0 Å². The second kappa shape index (κ2) is 5.87. The molecule has 18 heavy (non-hydrogen) atoms. The van der Waals surface area contributed by atoms with E-state index in [0.29, 0.717) is 5.56 Å². The Bertz CT molecular complexity index is 486. The van der Waals surface area contributed by atoms with Gasteiger partial charge in [-0.2, -0.15) is 0 Å². The number of nitrogens with zero attached hydrogens (tertiary/aromatic N) is 1. The topological polar surface area (TPSA) is 124 Å². The van der Waals surface area contributed by atoms with Gasteiger partial charge in [0.15, 0.2) is 0 Å². The van der Waals surface area contributed by atoms with Gasteiger partial charge in [-0.15, -0.1) is 0 Å². The first-order valence-electron chi connectivity index (χ1n) is 5.13. The number of hydrogen-bond acceptors (Lipinski definition) is 5. The van der Waals surface area contributed by atoms with Gasteiger partial charge < -0.3 is 10.8 Å². The van der Waals surface area contributed by atoms with Crippen LogP contribution in [-0.2, 0) is 16.0 Å². The highest BCUT2D eigenvalue weighted by molar-refractivity contribution is 5.87. The number of nitro groups is 1. The number of nitrogens with two attached hydrogens (primary N) is 1. The molecule has 7 heteroatoms. The molecule has 0 spiro atoms. The SMILES string of the molecule is N[C@@H](CC(=O)Cc1cccc([N+](=O)[O-])c1)C(=O)O. The predicted molar refractivity (Wildman–Crippen MR) is 62.0 cm³/mol. The Hall–Kier alpha value is -2.28. The number of nitro benzene ring substituents is 1. The largest absolute Gasteiger partial charge is 0.480 e. The minimum absolute atomic E-state index is 0.0668. The Morgan fingerprint density at radius 1 is 1.44 bits per heavy atom. The Labute approximate surface area is 102 Å². The first kappa shape index (κ1) is 13.8. The molecule has 0 fully saturated rings. The number of carbonyl (C=O) groups excluding carboxylic acids is 1. The Morgan fingerprint density at radius 2 is 2.11 bits per heavy atom. The van der Waals surface area contributed by atoms with E-state index >= 15 is 0 Å². The molecule has 1 atom stereocenters. The molecule has 0 aromatic heterocycles. The number of carbonyl (C=O) groups is 2. The highest BCUT2D eigenvalue weighted by atomic mass is 16.6. The van der Waals surface area contributed by atoms with Gasteiger partial charge in [0.1, 0.15) is 11.8 Å². The average Bonchev–Trinajstić information content (AvgIpc) is 2.28. The lowest BCUT2D eigenvalue weighted by molar-refractivity contribution is -0.384. The number of hydrogen-bond donors (Lipinski definition) is 2. The zero-order valence-corrected chi connectivity index (χ0v) is 9.41. The second-order valence-electron chi connectivity index (χ2n) is 3.79. The first-order chi connectivity index (χ1) is 8.40. The van der Waals surface area contributed by atoms with Crippen LogP contribution in [0, 0.1) is 10.1 Å². The molecule has 3 N–H and O–H groups in total. The van der Waals surface area contributed by atoms with Gasteiger partial charge in [-0.1, -0.05) is 12.1 Å². The van der Waals surface area contributed by atoms with Gasteiger partial charge in [0, 0.05) is 25.0 Å². The summed E-state index contributed by atoms with van der Waals surface area (Å²) in [5.74, 6) is -1.62. The van der Waals surface area contributed by atoms with E-state index in [2.05, 4.69) is 0 Å². The lowest BCUT2D eigenvalue weighted by Crippen LogP contribution is -2.32. The number of benzene rings is 1. The molecule has 0 aliphatic heterocycles. The minimum Gasteiger partial charge on any atom is -0.480 e. The van der Waals surface area contributed by atoms with Crippen LogP contribution < -0.4 is 5.73 Å². The van der Waals surface area contributed by atoms with Gasteiger partial charge in [0.25, 0.3) is 5.69 Å². The van der Waals surface area contributed by atoms with E-state index in [4.69, 9.17) is 10.8 Å². The molecule has 0 saturated carbocycles. The minimum atomic E-state index is -1.25. The summed E-state index contributed by atoms with van der Waals surface area (Å²) in [6.07, 6.45) is -0.360. The van der Waals surface area contributed by atoms with Gasteiger partial charge in [0.05, 0.1) is 4.92 Å². The summed E-state index contributed by atoms with van der Waals surface area (Å²) < 4.78 is 0. The Balaban J connectivity index is 2.67. The zero-order chi connectivity index (χ0) is 13.7. The smallest absolute Gasteiger partial charge is 0.320 e. The lowest BCUT2D eigenvalue weighted by Gasteiger charge is -2.05. The normalized spacial score (nSPS) is 11.8. The molecule has 96 valence electrons. The molecule has 0 aliphatic carbocycles. The summed E-state index contributed by atoms with van der Waals surface area (Å²) in [4.78, 5) is 31.9. The van der Waals surface area contributed by atoms with Crippen molar-refractivity contribution in [3.8, 4) is 0 Å². The highest BCUT2D eigenvalue weighted by Crippen LogP contribution is 2.14. The van der Waals surface area contributed by atoms with Gasteiger partial charge in [-0.05, 0) is 5.56 Å². The van der Waals surface area contributed by atoms with E-state index in [1.807, 2.05) is 0 Å². The van der Waals surface area contributed by atoms with E-state index in [1.165, 1.54) is 18.2 Å². The Kier molecular flexibility index (Phi) is 4.50. The maximum atomic E-state index is 11.5. The van der Waals surface area contributed by atoms with Crippen molar-refractivity contribution in [2.75, 3.05) is 0 Å². The molecule has 7 nitrogen and oxygen atoms in total. The van der Waals surface area contributed by atoms with E-state index in [1.54, 1.807) is 6.07 Å². The van der Waals surface area contributed by atoms with Gasteiger partial charge in [0.2, 0.25) is 0 Å². The maximum absolute atomic E-state index is 11.5. The van der Waals surface area contributed by atoms with Crippen LogP contribution in [0.1, 0.15) is 12.0 Å². The summed E-state index contributed by atoms with van der Waals surface area (Å²) in [6, 6.07) is 4.40. The summed E-state index contributed by atoms with van der Waals surface area (Å²) in [7, 11) is 0. The van der Waals surface area contributed by atoms with E-state index < -0.39 is 16.9 Å². The van der Waals surface area contributed by atoms with E-state index in [9.17, 15) is 19.7 Å². The number of carboxylic acids is 1. The van der Waals surface area contributed by atoms with Crippen LogP contribution in [-0.4, -0.2) is 27.8 Å². The molecular formula is C11H12N2O5. The fourth-order valence-electron chi connectivity index (χ4n) is 1.41. The average molecular weight is 252 g/mol. The van der Waals surface area contributed by atoms with Gasteiger partial charge in [-0.3, -0.25) is 19.7 Å². The third-order valence-electron chi connectivity index (χ3n) is 2.29. The molecule has 0 bridgehead atoms. The Morgan fingerprint density at radius 3 is 2.67 bits per heavy atom. The van der Waals surface area contributed by atoms with Crippen molar-refractivity contribution in [2.45, 2.75) is 18.9 Å². The van der Waals surface area contributed by atoms with E-state index in [0.717, 1.165) is 0 Å². The van der Waals surface area contributed by atoms with Crippen LogP contribution in [0.5, 0.6) is 0 Å². The number of aliphatic carboxylic acids is 1. The monoisotopic (exact) mass is 252 g/mol. The predicted octanol–water partition coefficient (Wildman–Crippen LogP) is 0.508. The molecule has 1 rings (SSSR count). The van der Waals surface area contributed by atoms with Crippen LogP contribution in [0.2, 0.25) is 0 Å². The van der Waals surface area contributed by atoms with Crippen LogP contribution in [0.4, 0.5) is 5.69 Å². The number of non-ortho nitro benzene ring substituents is 1. The third-order valence-corrected chi connectivity index (χ3v) is 2.29. The van der Waals surface area contributed by atoms with Crippen molar-refractivity contribution in [2.24, 2.45) is 5.73 Å². The zero-order valence-electron chi connectivity index (χ0n) is 9.41. The third kappa shape index (κ3) is 3.95. The summed E-state index contributed by atoms with van der Waals surface area (Å²) in [6.45, 7) is 0. The molecule has 1 aromatic carbocycles. The number of rotatable bonds is 6. The summed E-state index contributed by atoms with van der Waals surface area (Å²) >= 11 is 0. The number of Topliss-reactive ketones (excluding diaryl/α,β-unsaturated/α-hetero) is 1. The summed E-state index contributed by atoms with van der Waals surface area (Å²) in [5.41, 5.74) is 5.58. The molecular weight excluding hydrogens is 240 g/mol. The van der Waals surface area contributed by atoms with Crippen molar-refractivity contribution in [3.05, 3.63) is 39.9 Å². The molecule has 0 amide bonds. The standard InChI is InChI=1S/C11H12N2O5/c12-10(11(15)16)6-9(14)5-7-2-1-3-8(4-7)13(17)18/h1-4,10H,5-6,12H2,(H,15,16)/t10-/m0/s1. The maximum Gasteiger partial charge on any atom is 0.320 e. The second-order valence-corrected chi connectivity index (χ2v) is 3.79. The lowest BCUT2D eigenvalue weighted by atomic mass is 10.0. The van der Waals surface area contributed by atoms with Crippen molar-refractivity contribution in [1.82, 2.24) is 0 Å². The molecule has 0 unspecified atom stereocenters. The number of carboxylic acid groups (broad SMARTS) is 1. The van der Waals surface area contributed by atoms with Crippen molar-refractivity contribution in [3.63, 3.8) is 0 Å². The quantitative estimate of drug-likeness (QED) is 0.561. The van der Waals surface area contributed by atoms with Crippen LogP contribution in [0.15, 0.2) is 24.3 Å². The molecule has 1 aromatic rings. The first-order valence-corrected chi connectivity index (χ1v) is 5.13. The van der Waals surface area contributed by atoms with E-state index in [-0.39, 0.29) is 24.3 Å². The highest BCUT2D eigenvalue weighted by Gasteiger charge is 2.17. The van der Waals surface area contributed by atoms with Crippen LogP contribution >= 0.6 is 0 Å². The number of ketones is 1. The molecule has 0 saturated heterocycles. The van der Waals surface area contributed by atoms with Crippen LogP contribution in [0.25, 0.3) is 0 Å². The molecule has 0 radical (unpaired) electrons. The fourth-order valence-corrected chi connectivity index (χ4v) is 1.41. The molecule has 0 heterocycles. The molecule has 0 aliphatic rings. The fraction of sp³-hybridized carbons (Fsp3) is 0.273. The van der Waals surface area contributed by atoms with Gasteiger partial charge >= 0.3 is 5.97 Å². The summed E-state index contributed by atoms with van der Waals surface area (Å²) in [5, 5.41) is 19.1.